The molecule has 0 radical (unpaired) electrons. The number of aromatic nitrogens is 2. The minimum absolute atomic E-state index is 0.549. The Kier molecular flexibility index (Phi) is 3.62. The maximum atomic E-state index is 5.98. The van der Waals surface area contributed by atoms with Gasteiger partial charge in [0.25, 0.3) is 0 Å². The van der Waals surface area contributed by atoms with Crippen LogP contribution in [0.2, 0.25) is 0 Å². The zero-order valence-corrected chi connectivity index (χ0v) is 12.2. The van der Waals surface area contributed by atoms with Crippen LogP contribution in [0.15, 0.2) is 49.3 Å². The minimum atomic E-state index is 0.549. The Labute approximate surface area is 128 Å². The predicted octanol–water partition coefficient (Wildman–Crippen LogP) is 3.61. The second-order valence-electron chi connectivity index (χ2n) is 4.79. The van der Waals surface area contributed by atoms with E-state index in [0.717, 1.165) is 22.2 Å². The van der Waals surface area contributed by atoms with Crippen LogP contribution in [-0.4, -0.2) is 17.1 Å². The summed E-state index contributed by atoms with van der Waals surface area (Å²) in [7, 11) is 1.58. The summed E-state index contributed by atoms with van der Waals surface area (Å²) in [6.45, 7) is 3.78. The SMILES string of the molecule is C=Cc1cccc(Nc2ncnc3cc(OC)c(N)cc23)c1. The van der Waals surface area contributed by atoms with Crippen LogP contribution in [0.3, 0.4) is 0 Å². The van der Waals surface area contributed by atoms with Crippen LogP contribution in [0, 0.1) is 0 Å². The average Bonchev–Trinajstić information content (AvgIpc) is 2.55. The average molecular weight is 292 g/mol. The fraction of sp³-hybridized carbons (Fsp3) is 0.0588. The lowest BCUT2D eigenvalue weighted by Gasteiger charge is -2.11. The van der Waals surface area contributed by atoms with Gasteiger partial charge in [-0.05, 0) is 23.8 Å². The lowest BCUT2D eigenvalue weighted by Crippen LogP contribution is -1.98. The first kappa shape index (κ1) is 13.9. The monoisotopic (exact) mass is 292 g/mol. The number of nitrogen functional groups attached to an aromatic ring is 1. The van der Waals surface area contributed by atoms with Crippen molar-refractivity contribution in [2.24, 2.45) is 0 Å². The molecule has 5 heteroatoms. The van der Waals surface area contributed by atoms with Gasteiger partial charge >= 0.3 is 0 Å². The maximum Gasteiger partial charge on any atom is 0.143 e. The zero-order chi connectivity index (χ0) is 15.5. The smallest absolute Gasteiger partial charge is 0.143 e. The van der Waals surface area contributed by atoms with E-state index in [-0.39, 0.29) is 0 Å². The van der Waals surface area contributed by atoms with Gasteiger partial charge < -0.3 is 15.8 Å². The molecular weight excluding hydrogens is 276 g/mol. The van der Waals surface area contributed by atoms with E-state index in [4.69, 9.17) is 10.5 Å². The molecule has 1 aromatic heterocycles. The van der Waals surface area contributed by atoms with Gasteiger partial charge in [-0.25, -0.2) is 9.97 Å². The molecule has 0 aliphatic heterocycles. The highest BCUT2D eigenvalue weighted by Crippen LogP contribution is 2.31. The highest BCUT2D eigenvalue weighted by Gasteiger charge is 2.08. The molecule has 110 valence electrons. The molecule has 0 atom stereocenters. The van der Waals surface area contributed by atoms with Gasteiger partial charge in [0.15, 0.2) is 0 Å². The number of nitrogens with two attached hydrogens (primary N) is 1. The molecule has 2 aromatic carbocycles. The Bertz CT molecular complexity index is 845. The molecule has 0 fully saturated rings. The summed E-state index contributed by atoms with van der Waals surface area (Å²) in [5.41, 5.74) is 9.25. The highest BCUT2D eigenvalue weighted by molar-refractivity contribution is 5.94. The standard InChI is InChI=1S/C17H16N4O/c1-3-11-5-4-6-12(7-11)21-17-13-8-14(18)16(22-2)9-15(13)19-10-20-17/h3-10H,1,18H2,2H3,(H,19,20,21). The van der Waals surface area contributed by atoms with Crippen molar-refractivity contribution >= 4 is 34.2 Å². The molecule has 0 spiro atoms. The van der Waals surface area contributed by atoms with Gasteiger partial charge in [0, 0.05) is 17.1 Å². The van der Waals surface area contributed by atoms with Crippen molar-refractivity contribution in [3.8, 4) is 5.75 Å². The Morgan fingerprint density at radius 1 is 1.23 bits per heavy atom. The summed E-state index contributed by atoms with van der Waals surface area (Å²) in [4.78, 5) is 8.57. The maximum absolute atomic E-state index is 5.98. The third-order valence-electron chi connectivity index (χ3n) is 3.37. The van der Waals surface area contributed by atoms with Crippen molar-refractivity contribution < 1.29 is 4.74 Å². The summed E-state index contributed by atoms with van der Waals surface area (Å²) in [5.74, 6) is 1.30. The van der Waals surface area contributed by atoms with Gasteiger partial charge in [-0.2, -0.15) is 0 Å². The lowest BCUT2D eigenvalue weighted by atomic mass is 10.1. The van der Waals surface area contributed by atoms with Crippen molar-refractivity contribution in [1.82, 2.24) is 9.97 Å². The largest absolute Gasteiger partial charge is 0.495 e. The quantitative estimate of drug-likeness (QED) is 0.719. The number of ether oxygens (including phenoxy) is 1. The first-order chi connectivity index (χ1) is 10.7. The van der Waals surface area contributed by atoms with E-state index in [2.05, 4.69) is 21.9 Å². The Hall–Kier alpha value is -3.08. The first-order valence-electron chi connectivity index (χ1n) is 6.79. The van der Waals surface area contributed by atoms with E-state index >= 15 is 0 Å². The van der Waals surface area contributed by atoms with Crippen molar-refractivity contribution in [2.45, 2.75) is 0 Å². The molecule has 1 heterocycles. The predicted molar refractivity (Wildman–Crippen MR) is 90.3 cm³/mol. The number of hydrogen-bond donors (Lipinski definition) is 2. The normalized spacial score (nSPS) is 10.4. The molecule has 0 bridgehead atoms. The van der Waals surface area contributed by atoms with E-state index < -0.39 is 0 Å². The van der Waals surface area contributed by atoms with Crippen LogP contribution in [0.5, 0.6) is 5.75 Å². The molecule has 0 aliphatic rings. The molecule has 0 unspecified atom stereocenters. The third kappa shape index (κ3) is 2.56. The van der Waals surface area contributed by atoms with E-state index in [1.54, 1.807) is 19.3 Å². The second kappa shape index (κ2) is 5.73. The Morgan fingerprint density at radius 3 is 2.86 bits per heavy atom. The molecular formula is C17H16N4O. The minimum Gasteiger partial charge on any atom is -0.495 e. The van der Waals surface area contributed by atoms with E-state index in [1.165, 1.54) is 6.33 Å². The van der Waals surface area contributed by atoms with Gasteiger partial charge in [0.05, 0.1) is 18.3 Å². The summed E-state index contributed by atoms with van der Waals surface area (Å²) < 4.78 is 5.22. The van der Waals surface area contributed by atoms with Crippen LogP contribution in [0.4, 0.5) is 17.2 Å². The molecule has 3 N–H and O–H groups in total. The Balaban J connectivity index is 2.06. The number of hydrogen-bond acceptors (Lipinski definition) is 5. The second-order valence-corrected chi connectivity index (χ2v) is 4.79. The first-order valence-corrected chi connectivity index (χ1v) is 6.79. The number of nitrogens with zero attached hydrogens (tertiary/aromatic N) is 2. The fourth-order valence-electron chi connectivity index (χ4n) is 2.26. The lowest BCUT2D eigenvalue weighted by molar-refractivity contribution is 0.417. The van der Waals surface area contributed by atoms with Gasteiger partial charge in [-0.1, -0.05) is 24.8 Å². The molecule has 0 saturated carbocycles. The molecule has 5 nitrogen and oxygen atoms in total. The summed E-state index contributed by atoms with van der Waals surface area (Å²) in [5, 5.41) is 4.13. The van der Waals surface area contributed by atoms with Crippen LogP contribution in [0.1, 0.15) is 5.56 Å². The van der Waals surface area contributed by atoms with E-state index in [0.29, 0.717) is 17.3 Å². The Morgan fingerprint density at radius 2 is 2.09 bits per heavy atom. The molecule has 3 rings (SSSR count). The molecule has 0 saturated heterocycles. The van der Waals surface area contributed by atoms with Crippen LogP contribution >= 0.6 is 0 Å². The van der Waals surface area contributed by atoms with Crippen molar-refractivity contribution in [2.75, 3.05) is 18.2 Å². The van der Waals surface area contributed by atoms with Gasteiger partial charge in [-0.15, -0.1) is 0 Å². The zero-order valence-electron chi connectivity index (χ0n) is 12.2. The highest BCUT2D eigenvalue weighted by atomic mass is 16.5. The van der Waals surface area contributed by atoms with Gasteiger partial charge in [0.1, 0.15) is 17.9 Å². The molecule has 0 amide bonds. The van der Waals surface area contributed by atoms with Crippen LogP contribution in [-0.2, 0) is 0 Å². The van der Waals surface area contributed by atoms with Crippen molar-refractivity contribution in [1.29, 1.82) is 0 Å². The number of fused-ring (bicyclic) bond motifs is 1. The summed E-state index contributed by atoms with van der Waals surface area (Å²) >= 11 is 0. The topological polar surface area (TPSA) is 73.1 Å². The van der Waals surface area contributed by atoms with Crippen molar-refractivity contribution in [3.63, 3.8) is 0 Å². The van der Waals surface area contributed by atoms with Gasteiger partial charge in [-0.3, -0.25) is 0 Å². The number of nitrogens with one attached hydrogen (secondary N) is 1. The summed E-state index contributed by atoms with van der Waals surface area (Å²) in [6, 6.07) is 11.5. The van der Waals surface area contributed by atoms with E-state index in [9.17, 15) is 0 Å². The van der Waals surface area contributed by atoms with E-state index in [1.807, 2.05) is 30.3 Å². The number of methoxy groups -OCH3 is 1. The van der Waals surface area contributed by atoms with Crippen LogP contribution < -0.4 is 15.8 Å². The number of rotatable bonds is 4. The summed E-state index contributed by atoms with van der Waals surface area (Å²) in [6.07, 6.45) is 3.31. The fourth-order valence-corrected chi connectivity index (χ4v) is 2.26. The van der Waals surface area contributed by atoms with Crippen molar-refractivity contribution in [3.05, 3.63) is 54.9 Å². The third-order valence-corrected chi connectivity index (χ3v) is 3.37. The number of benzene rings is 2. The van der Waals surface area contributed by atoms with Gasteiger partial charge in [0.2, 0.25) is 0 Å². The number of anilines is 3. The molecule has 0 aliphatic carbocycles. The molecule has 3 aromatic rings. The molecule has 22 heavy (non-hydrogen) atoms. The van der Waals surface area contributed by atoms with Crippen LogP contribution in [0.25, 0.3) is 17.0 Å².